The van der Waals surface area contributed by atoms with Gasteiger partial charge in [0.15, 0.2) is 0 Å². The molecule has 2 N–H and O–H groups in total. The van der Waals surface area contributed by atoms with Crippen LogP contribution in [0.15, 0.2) is 0 Å². The zero-order chi connectivity index (χ0) is 11.6. The van der Waals surface area contributed by atoms with Crippen molar-refractivity contribution in [2.75, 3.05) is 0 Å². The van der Waals surface area contributed by atoms with Crippen LogP contribution in [0.25, 0.3) is 0 Å². The molecule has 2 amide bonds. The number of carbonyl (C=O) groups excluding carboxylic acids is 2. The summed E-state index contributed by atoms with van der Waals surface area (Å²) in [6.07, 6.45) is 1.46. The zero-order valence-corrected chi connectivity index (χ0v) is 9.84. The highest BCUT2D eigenvalue weighted by Crippen LogP contribution is 2.20. The number of hydrogen-bond donors (Lipinski definition) is 1. The number of nitrogens with zero attached hydrogens (tertiary/aromatic N) is 1. The number of nitrogens with two attached hydrogens (primary N) is 1. The highest BCUT2D eigenvalue weighted by atomic mass is 32.1. The second kappa shape index (κ2) is 4.70. The zero-order valence-electron chi connectivity index (χ0n) is 9.03. The van der Waals surface area contributed by atoms with Crippen molar-refractivity contribution in [1.29, 1.82) is 0 Å². The van der Waals surface area contributed by atoms with E-state index in [0.717, 1.165) is 0 Å². The number of amides is 2. The SMILES string of the molecule is CC(C)C(C(N)=S)N1C(=O)CCCC1=O. The first-order valence-electron chi connectivity index (χ1n) is 5.09. The molecule has 1 saturated heterocycles. The first-order valence-corrected chi connectivity index (χ1v) is 5.50. The van der Waals surface area contributed by atoms with Gasteiger partial charge in [-0.2, -0.15) is 0 Å². The number of piperidine rings is 1. The number of thiocarbonyl (C=S) groups is 1. The van der Waals surface area contributed by atoms with Crippen LogP contribution >= 0.6 is 12.2 Å². The Morgan fingerprint density at radius 1 is 1.33 bits per heavy atom. The lowest BCUT2D eigenvalue weighted by atomic mass is 9.98. The lowest BCUT2D eigenvalue weighted by Crippen LogP contribution is -2.54. The third-order valence-corrected chi connectivity index (χ3v) is 2.76. The van der Waals surface area contributed by atoms with Gasteiger partial charge in [-0.1, -0.05) is 26.1 Å². The molecule has 0 aromatic rings. The fraction of sp³-hybridized carbons (Fsp3) is 0.700. The van der Waals surface area contributed by atoms with E-state index < -0.39 is 6.04 Å². The third kappa shape index (κ3) is 2.53. The summed E-state index contributed by atoms with van der Waals surface area (Å²) >= 11 is 4.91. The molecule has 1 aliphatic heterocycles. The van der Waals surface area contributed by atoms with Gasteiger partial charge in [0.05, 0.1) is 11.0 Å². The van der Waals surface area contributed by atoms with Gasteiger partial charge in [-0.05, 0) is 12.3 Å². The molecule has 0 spiro atoms. The van der Waals surface area contributed by atoms with E-state index in [2.05, 4.69) is 0 Å². The average molecular weight is 228 g/mol. The molecule has 1 aliphatic rings. The molecular formula is C10H16N2O2S. The van der Waals surface area contributed by atoms with E-state index in [4.69, 9.17) is 18.0 Å². The minimum Gasteiger partial charge on any atom is -0.392 e. The average Bonchev–Trinajstić information content (AvgIpc) is 2.09. The van der Waals surface area contributed by atoms with Crippen LogP contribution < -0.4 is 5.73 Å². The van der Waals surface area contributed by atoms with Crippen LogP contribution in [-0.2, 0) is 9.59 Å². The second-order valence-corrected chi connectivity index (χ2v) is 4.57. The number of carbonyl (C=O) groups is 2. The Balaban J connectivity index is 2.94. The summed E-state index contributed by atoms with van der Waals surface area (Å²) < 4.78 is 0. The molecular weight excluding hydrogens is 212 g/mol. The molecule has 4 nitrogen and oxygen atoms in total. The number of imide groups is 1. The summed E-state index contributed by atoms with van der Waals surface area (Å²) in [5.41, 5.74) is 5.58. The summed E-state index contributed by atoms with van der Waals surface area (Å²) in [4.78, 5) is 24.8. The highest BCUT2D eigenvalue weighted by molar-refractivity contribution is 7.80. The lowest BCUT2D eigenvalue weighted by Gasteiger charge is -2.34. The van der Waals surface area contributed by atoms with Crippen molar-refractivity contribution in [2.24, 2.45) is 11.7 Å². The van der Waals surface area contributed by atoms with Crippen LogP contribution in [0.1, 0.15) is 33.1 Å². The van der Waals surface area contributed by atoms with Crippen molar-refractivity contribution >= 4 is 29.0 Å². The molecule has 5 heteroatoms. The lowest BCUT2D eigenvalue weighted by molar-refractivity contribution is -0.150. The van der Waals surface area contributed by atoms with E-state index in [-0.39, 0.29) is 22.7 Å². The minimum atomic E-state index is -0.430. The molecule has 0 aliphatic carbocycles. The van der Waals surface area contributed by atoms with E-state index in [1.54, 1.807) is 0 Å². The number of rotatable bonds is 3. The quantitative estimate of drug-likeness (QED) is 0.574. The van der Waals surface area contributed by atoms with E-state index in [9.17, 15) is 9.59 Å². The predicted molar refractivity (Wildman–Crippen MR) is 61.1 cm³/mol. The monoisotopic (exact) mass is 228 g/mol. The van der Waals surface area contributed by atoms with Gasteiger partial charge in [-0.25, -0.2) is 0 Å². The maximum Gasteiger partial charge on any atom is 0.229 e. The van der Waals surface area contributed by atoms with Crippen molar-refractivity contribution in [3.8, 4) is 0 Å². The predicted octanol–water partition coefficient (Wildman–Crippen LogP) is 0.836. The maximum absolute atomic E-state index is 11.6. The first kappa shape index (κ1) is 12.1. The van der Waals surface area contributed by atoms with E-state index in [1.807, 2.05) is 13.8 Å². The van der Waals surface area contributed by atoms with E-state index in [1.165, 1.54) is 4.90 Å². The molecule has 1 fully saturated rings. The van der Waals surface area contributed by atoms with Crippen molar-refractivity contribution < 1.29 is 9.59 Å². The topological polar surface area (TPSA) is 63.4 Å². The standard InChI is InChI=1S/C10H16N2O2S/c1-6(2)9(10(11)15)12-7(13)4-3-5-8(12)14/h6,9H,3-5H2,1-2H3,(H2,11,15). The molecule has 1 heterocycles. The van der Waals surface area contributed by atoms with Gasteiger partial charge in [0, 0.05) is 12.8 Å². The Labute approximate surface area is 94.8 Å². The van der Waals surface area contributed by atoms with Gasteiger partial charge in [0.1, 0.15) is 0 Å². The van der Waals surface area contributed by atoms with Gasteiger partial charge in [0.2, 0.25) is 11.8 Å². The highest BCUT2D eigenvalue weighted by Gasteiger charge is 2.35. The molecule has 1 unspecified atom stereocenters. The Morgan fingerprint density at radius 3 is 2.13 bits per heavy atom. The normalized spacial score (nSPS) is 19.5. The summed E-state index contributed by atoms with van der Waals surface area (Å²) in [7, 11) is 0. The van der Waals surface area contributed by atoms with Crippen molar-refractivity contribution in [2.45, 2.75) is 39.2 Å². The Kier molecular flexibility index (Phi) is 3.79. The van der Waals surface area contributed by atoms with Gasteiger partial charge in [-0.15, -0.1) is 0 Å². The smallest absolute Gasteiger partial charge is 0.229 e. The first-order chi connectivity index (χ1) is 6.95. The largest absolute Gasteiger partial charge is 0.392 e. The molecule has 0 aromatic carbocycles. The van der Waals surface area contributed by atoms with Crippen LogP contribution in [0, 0.1) is 5.92 Å². The summed E-state index contributed by atoms with van der Waals surface area (Å²) in [6, 6.07) is -0.430. The van der Waals surface area contributed by atoms with Gasteiger partial charge in [0.25, 0.3) is 0 Å². The van der Waals surface area contributed by atoms with Crippen molar-refractivity contribution in [3.05, 3.63) is 0 Å². The third-order valence-electron chi connectivity index (χ3n) is 2.52. The van der Waals surface area contributed by atoms with Gasteiger partial charge >= 0.3 is 0 Å². The summed E-state index contributed by atoms with van der Waals surface area (Å²) in [5.74, 6) is -0.246. The second-order valence-electron chi connectivity index (χ2n) is 4.10. The van der Waals surface area contributed by atoms with Gasteiger partial charge in [-0.3, -0.25) is 14.5 Å². The maximum atomic E-state index is 11.6. The van der Waals surface area contributed by atoms with Crippen LogP contribution in [0.3, 0.4) is 0 Å². The molecule has 0 saturated carbocycles. The Hall–Kier alpha value is -0.970. The fourth-order valence-electron chi connectivity index (χ4n) is 1.84. The molecule has 15 heavy (non-hydrogen) atoms. The van der Waals surface area contributed by atoms with Crippen LogP contribution in [0.4, 0.5) is 0 Å². The summed E-state index contributed by atoms with van der Waals surface area (Å²) in [6.45, 7) is 3.80. The molecule has 0 aromatic heterocycles. The fourth-order valence-corrected chi connectivity index (χ4v) is 2.21. The van der Waals surface area contributed by atoms with Crippen LogP contribution in [0.2, 0.25) is 0 Å². The Bertz CT molecular complexity index is 286. The number of likely N-dealkylation sites (tertiary alicyclic amines) is 1. The summed E-state index contributed by atoms with van der Waals surface area (Å²) in [5, 5.41) is 0. The van der Waals surface area contributed by atoms with Crippen molar-refractivity contribution in [3.63, 3.8) is 0 Å². The van der Waals surface area contributed by atoms with Crippen LogP contribution in [0.5, 0.6) is 0 Å². The van der Waals surface area contributed by atoms with Gasteiger partial charge < -0.3 is 5.73 Å². The van der Waals surface area contributed by atoms with Crippen molar-refractivity contribution in [1.82, 2.24) is 4.90 Å². The molecule has 1 atom stereocenters. The molecule has 84 valence electrons. The van der Waals surface area contributed by atoms with Crippen LogP contribution in [-0.4, -0.2) is 27.7 Å². The molecule has 1 rings (SSSR count). The minimum absolute atomic E-state index is 0.0634. The van der Waals surface area contributed by atoms with E-state index in [0.29, 0.717) is 19.3 Å². The number of hydrogen-bond acceptors (Lipinski definition) is 3. The molecule has 0 bridgehead atoms. The van der Waals surface area contributed by atoms with E-state index >= 15 is 0 Å². The molecule has 0 radical (unpaired) electrons. The Morgan fingerprint density at radius 2 is 1.80 bits per heavy atom.